The van der Waals surface area contributed by atoms with Crippen molar-refractivity contribution in [1.29, 1.82) is 0 Å². The molecule has 0 atom stereocenters. The van der Waals surface area contributed by atoms with Gasteiger partial charge in [0.1, 0.15) is 12.5 Å². The van der Waals surface area contributed by atoms with E-state index in [1.165, 1.54) is 23.5 Å². The zero-order valence-corrected chi connectivity index (χ0v) is 10.8. The molecule has 0 aliphatic heterocycles. The second-order valence-corrected chi connectivity index (χ2v) is 5.32. The van der Waals surface area contributed by atoms with Gasteiger partial charge >= 0.3 is 29.6 Å². The smallest absolute Gasteiger partial charge is 0.260 e. The van der Waals surface area contributed by atoms with E-state index in [-0.39, 0.29) is 29.6 Å². The van der Waals surface area contributed by atoms with Gasteiger partial charge in [-0.25, -0.2) is 9.97 Å². The third kappa shape index (κ3) is 4.15. The van der Waals surface area contributed by atoms with Gasteiger partial charge in [-0.15, -0.1) is 0 Å². The van der Waals surface area contributed by atoms with Crippen molar-refractivity contribution in [1.82, 2.24) is 9.97 Å². The Kier molecular flexibility index (Phi) is 5.59. The molecule has 7 heteroatoms. The summed E-state index contributed by atoms with van der Waals surface area (Å²) >= 11 is 2.97. The van der Waals surface area contributed by atoms with Crippen LogP contribution in [0.5, 0.6) is 0 Å². The summed E-state index contributed by atoms with van der Waals surface area (Å²) < 4.78 is 10.3. The zero-order chi connectivity index (χ0) is 12.2. The maximum absolute atomic E-state index is 5.17. The van der Waals surface area contributed by atoms with Crippen molar-refractivity contribution in [2.24, 2.45) is 0 Å². The Hall–Kier alpha value is -0.660. The zero-order valence-electron chi connectivity index (χ0n) is 9.15. The van der Waals surface area contributed by atoms with E-state index in [0.29, 0.717) is 10.4 Å². The molecule has 3 aromatic rings. The molecule has 0 bridgehead atoms. The number of aromatic nitrogens is 2. The normalized spacial score (nSPS) is 10.1. The fourth-order valence-electron chi connectivity index (χ4n) is 1.30. The molecule has 0 saturated heterocycles. The number of rotatable bonds is 4. The molecular weight excluding hydrogens is 291 g/mol. The van der Waals surface area contributed by atoms with Crippen LogP contribution in [0.25, 0.3) is 0 Å². The fourth-order valence-corrected chi connectivity index (χ4v) is 2.68. The van der Waals surface area contributed by atoms with Crippen LogP contribution in [0.3, 0.4) is 0 Å². The summed E-state index contributed by atoms with van der Waals surface area (Å²) in [6.45, 7) is 0. The third-order valence-electron chi connectivity index (χ3n) is 2.05. The first-order chi connectivity index (χ1) is 8.90. The Morgan fingerprint density at radius 1 is 0.737 bits per heavy atom. The van der Waals surface area contributed by atoms with Crippen molar-refractivity contribution in [2.45, 2.75) is 20.2 Å². The standard InChI is InChI=1S/C12H8N2O2S2.Na.H/c1-2-10(18-12-14-6-8-16-12)4-3-9(1)17-11-13-5-7-15-11;;/h1-8H;;. The van der Waals surface area contributed by atoms with Gasteiger partial charge < -0.3 is 8.83 Å². The first-order valence-electron chi connectivity index (χ1n) is 5.15. The molecule has 0 fully saturated rings. The summed E-state index contributed by atoms with van der Waals surface area (Å²) in [6, 6.07) is 8.06. The average Bonchev–Trinajstić information content (AvgIpc) is 3.05. The summed E-state index contributed by atoms with van der Waals surface area (Å²) in [6.07, 6.45) is 6.40. The Morgan fingerprint density at radius 2 is 1.16 bits per heavy atom. The van der Waals surface area contributed by atoms with E-state index in [9.17, 15) is 0 Å². The van der Waals surface area contributed by atoms with Crippen molar-refractivity contribution < 1.29 is 8.83 Å². The SMILES string of the molecule is [NaH].c1coc(Sc2ccc(Sc3ncco3)cc2)n1. The largest absolute Gasteiger partial charge is 0.440 e. The number of oxazole rings is 2. The molecule has 92 valence electrons. The van der Waals surface area contributed by atoms with Crippen molar-refractivity contribution >= 4 is 53.1 Å². The molecule has 1 aromatic carbocycles. The molecule has 0 N–H and O–H groups in total. The van der Waals surface area contributed by atoms with Gasteiger partial charge in [-0.3, -0.25) is 0 Å². The first kappa shape index (κ1) is 14.7. The van der Waals surface area contributed by atoms with Crippen molar-refractivity contribution in [3.63, 3.8) is 0 Å². The molecule has 2 heterocycles. The Bertz CT molecular complexity index is 542. The summed E-state index contributed by atoms with van der Waals surface area (Å²) in [4.78, 5) is 10.3. The molecule has 0 amide bonds. The Morgan fingerprint density at radius 3 is 1.47 bits per heavy atom. The maximum atomic E-state index is 5.17. The second kappa shape index (κ2) is 7.21. The maximum Gasteiger partial charge on any atom is 0.260 e. The Balaban J connectivity index is 0.00000133. The van der Waals surface area contributed by atoms with Crippen LogP contribution in [-0.4, -0.2) is 39.5 Å². The summed E-state index contributed by atoms with van der Waals surface area (Å²) in [5.74, 6) is 0. The number of nitrogens with zero attached hydrogens (tertiary/aromatic N) is 2. The van der Waals surface area contributed by atoms with E-state index in [1.807, 2.05) is 24.3 Å². The Labute approximate surface area is 140 Å². The van der Waals surface area contributed by atoms with E-state index in [2.05, 4.69) is 9.97 Å². The molecule has 2 aromatic heterocycles. The van der Waals surface area contributed by atoms with E-state index in [4.69, 9.17) is 8.83 Å². The number of hydrogen-bond acceptors (Lipinski definition) is 6. The molecule has 19 heavy (non-hydrogen) atoms. The minimum absolute atomic E-state index is 0. The van der Waals surface area contributed by atoms with Crippen LogP contribution < -0.4 is 0 Å². The second-order valence-electron chi connectivity index (χ2n) is 3.27. The van der Waals surface area contributed by atoms with Crippen molar-refractivity contribution in [2.75, 3.05) is 0 Å². The van der Waals surface area contributed by atoms with Crippen LogP contribution in [0, 0.1) is 0 Å². The fraction of sp³-hybridized carbons (Fsp3) is 0. The minimum Gasteiger partial charge on any atom is -0.440 e. The van der Waals surface area contributed by atoms with Crippen LogP contribution in [0.4, 0.5) is 0 Å². The summed E-state index contributed by atoms with van der Waals surface area (Å²) in [7, 11) is 0. The minimum atomic E-state index is 0. The number of hydrogen-bond donors (Lipinski definition) is 0. The monoisotopic (exact) mass is 300 g/mol. The van der Waals surface area contributed by atoms with E-state index >= 15 is 0 Å². The molecule has 0 saturated carbocycles. The summed E-state index contributed by atoms with van der Waals surface area (Å²) in [5, 5.41) is 1.28. The van der Waals surface area contributed by atoms with Gasteiger partial charge in [0, 0.05) is 9.79 Å². The van der Waals surface area contributed by atoms with Gasteiger partial charge in [0.25, 0.3) is 10.4 Å². The molecule has 3 rings (SSSR count). The van der Waals surface area contributed by atoms with E-state index < -0.39 is 0 Å². The van der Waals surface area contributed by atoms with Gasteiger partial charge in [0.2, 0.25) is 0 Å². The molecule has 0 radical (unpaired) electrons. The van der Waals surface area contributed by atoms with Crippen LogP contribution in [0.2, 0.25) is 0 Å². The van der Waals surface area contributed by atoms with E-state index in [0.717, 1.165) is 9.79 Å². The van der Waals surface area contributed by atoms with Gasteiger partial charge in [-0.2, -0.15) is 0 Å². The third-order valence-corrected chi connectivity index (χ3v) is 3.82. The quantitative estimate of drug-likeness (QED) is 0.689. The summed E-state index contributed by atoms with van der Waals surface area (Å²) in [5.41, 5.74) is 0. The van der Waals surface area contributed by atoms with Gasteiger partial charge in [0.15, 0.2) is 0 Å². The van der Waals surface area contributed by atoms with Crippen molar-refractivity contribution in [3.05, 3.63) is 49.2 Å². The topological polar surface area (TPSA) is 52.1 Å². The van der Waals surface area contributed by atoms with Gasteiger partial charge in [0.05, 0.1) is 12.4 Å². The van der Waals surface area contributed by atoms with Crippen LogP contribution in [-0.2, 0) is 0 Å². The van der Waals surface area contributed by atoms with Gasteiger partial charge in [-0.1, -0.05) is 0 Å². The van der Waals surface area contributed by atoms with Crippen molar-refractivity contribution in [3.8, 4) is 0 Å². The predicted molar refractivity (Wildman–Crippen MR) is 74.8 cm³/mol. The number of benzene rings is 1. The van der Waals surface area contributed by atoms with Crippen LogP contribution in [0.1, 0.15) is 0 Å². The van der Waals surface area contributed by atoms with Crippen LogP contribution >= 0.6 is 23.5 Å². The molecular formula is C12H9N2NaO2S2. The van der Waals surface area contributed by atoms with E-state index in [1.54, 1.807) is 24.9 Å². The molecule has 0 spiro atoms. The molecule has 0 aliphatic rings. The molecule has 4 nitrogen and oxygen atoms in total. The van der Waals surface area contributed by atoms with Gasteiger partial charge in [-0.05, 0) is 47.8 Å². The average molecular weight is 300 g/mol. The molecule has 0 unspecified atom stereocenters. The molecule has 0 aliphatic carbocycles. The van der Waals surface area contributed by atoms with Crippen LogP contribution in [0.15, 0.2) is 78.3 Å². The first-order valence-corrected chi connectivity index (χ1v) is 6.78. The predicted octanol–water partition coefficient (Wildman–Crippen LogP) is 3.32.